The summed E-state index contributed by atoms with van der Waals surface area (Å²) in [6.07, 6.45) is 1.58. The summed E-state index contributed by atoms with van der Waals surface area (Å²) in [4.78, 5) is 19.5. The Hall–Kier alpha value is -3.06. The zero-order chi connectivity index (χ0) is 22.0. The smallest absolute Gasteiger partial charge is 0.257 e. The molecule has 1 aromatic heterocycles. The molecular formula is C24H27FN4O2. The van der Waals surface area contributed by atoms with Crippen LogP contribution in [-0.2, 0) is 11.3 Å². The van der Waals surface area contributed by atoms with Gasteiger partial charge in [-0.3, -0.25) is 9.69 Å². The van der Waals surface area contributed by atoms with Gasteiger partial charge in [0.1, 0.15) is 5.82 Å². The van der Waals surface area contributed by atoms with Crippen LogP contribution in [0.5, 0.6) is 0 Å². The highest BCUT2D eigenvalue weighted by Crippen LogP contribution is 2.25. The predicted octanol–water partition coefficient (Wildman–Crippen LogP) is 4.65. The monoisotopic (exact) mass is 422 g/mol. The maximum Gasteiger partial charge on any atom is 0.257 e. The lowest BCUT2D eigenvalue weighted by molar-refractivity contribution is -0.121. The van der Waals surface area contributed by atoms with Gasteiger partial charge in [0.2, 0.25) is 5.91 Å². The lowest BCUT2D eigenvalue weighted by Gasteiger charge is -2.30. The zero-order valence-electron chi connectivity index (χ0n) is 18.1. The van der Waals surface area contributed by atoms with Gasteiger partial charge in [-0.15, -0.1) is 0 Å². The third-order valence-corrected chi connectivity index (χ3v) is 5.81. The van der Waals surface area contributed by atoms with E-state index in [0.29, 0.717) is 23.8 Å². The second-order valence-corrected chi connectivity index (χ2v) is 8.34. The number of aryl methyl sites for hydroxylation is 3. The van der Waals surface area contributed by atoms with Gasteiger partial charge in [0.15, 0.2) is 5.82 Å². The van der Waals surface area contributed by atoms with Crippen LogP contribution in [0.4, 0.5) is 10.1 Å². The minimum atomic E-state index is -0.303. The van der Waals surface area contributed by atoms with Crippen molar-refractivity contribution in [3.05, 3.63) is 64.7 Å². The van der Waals surface area contributed by atoms with Gasteiger partial charge in [0.25, 0.3) is 5.89 Å². The second-order valence-electron chi connectivity index (χ2n) is 8.34. The van der Waals surface area contributed by atoms with E-state index in [-0.39, 0.29) is 17.6 Å². The fraction of sp³-hybridized carbons (Fsp3) is 0.375. The van der Waals surface area contributed by atoms with Crippen LogP contribution >= 0.6 is 0 Å². The lowest BCUT2D eigenvalue weighted by atomic mass is 9.95. The molecule has 0 aliphatic carbocycles. The molecule has 0 bridgehead atoms. The highest BCUT2D eigenvalue weighted by Gasteiger charge is 2.26. The third-order valence-electron chi connectivity index (χ3n) is 5.81. The number of aromatic nitrogens is 2. The molecule has 1 aliphatic rings. The number of carbonyl (C=O) groups is 1. The Morgan fingerprint density at radius 3 is 2.42 bits per heavy atom. The number of hydrogen-bond acceptors (Lipinski definition) is 5. The molecule has 31 heavy (non-hydrogen) atoms. The summed E-state index contributed by atoms with van der Waals surface area (Å²) >= 11 is 0. The molecule has 0 radical (unpaired) electrons. The molecule has 0 atom stereocenters. The second kappa shape index (κ2) is 8.98. The van der Waals surface area contributed by atoms with Crippen LogP contribution in [0, 0.1) is 32.5 Å². The van der Waals surface area contributed by atoms with Gasteiger partial charge in [0, 0.05) is 17.2 Å². The van der Waals surface area contributed by atoms with Crippen molar-refractivity contribution in [1.82, 2.24) is 15.0 Å². The Balaban J connectivity index is 1.31. The lowest BCUT2D eigenvalue weighted by Crippen LogP contribution is -2.38. The third kappa shape index (κ3) is 4.99. The minimum Gasteiger partial charge on any atom is -0.334 e. The SMILES string of the molecule is Cc1cc(C)c(NC(=O)C2CCN(Cc3noc(-c4ccc(F)cc4)n3)CC2)c(C)c1. The maximum atomic E-state index is 13.1. The minimum absolute atomic E-state index is 0.00334. The van der Waals surface area contributed by atoms with Gasteiger partial charge in [-0.25, -0.2) is 4.39 Å². The maximum absolute atomic E-state index is 13.1. The fourth-order valence-electron chi connectivity index (χ4n) is 4.18. The normalized spacial score (nSPS) is 15.2. The molecular weight excluding hydrogens is 395 g/mol. The summed E-state index contributed by atoms with van der Waals surface area (Å²) in [5, 5.41) is 7.19. The summed E-state index contributed by atoms with van der Waals surface area (Å²) in [7, 11) is 0. The number of halogens is 1. The van der Waals surface area contributed by atoms with Crippen molar-refractivity contribution in [2.24, 2.45) is 5.92 Å². The van der Waals surface area contributed by atoms with Crippen LogP contribution < -0.4 is 5.32 Å². The van der Waals surface area contributed by atoms with Crippen LogP contribution in [0.15, 0.2) is 40.9 Å². The Morgan fingerprint density at radius 2 is 1.77 bits per heavy atom. The number of rotatable bonds is 5. The van der Waals surface area contributed by atoms with Crippen molar-refractivity contribution < 1.29 is 13.7 Å². The first-order chi connectivity index (χ1) is 14.9. The molecule has 1 fully saturated rings. The Kier molecular flexibility index (Phi) is 6.13. The summed E-state index contributed by atoms with van der Waals surface area (Å²) in [6, 6.07) is 10.2. The van der Waals surface area contributed by atoms with E-state index >= 15 is 0 Å². The van der Waals surface area contributed by atoms with Crippen molar-refractivity contribution in [2.75, 3.05) is 18.4 Å². The van der Waals surface area contributed by atoms with E-state index in [9.17, 15) is 9.18 Å². The molecule has 7 heteroatoms. The van der Waals surface area contributed by atoms with Crippen LogP contribution in [0.25, 0.3) is 11.5 Å². The van der Waals surface area contributed by atoms with Crippen molar-refractivity contribution in [1.29, 1.82) is 0 Å². The van der Waals surface area contributed by atoms with E-state index in [1.165, 1.54) is 17.7 Å². The number of carbonyl (C=O) groups excluding carboxylic acids is 1. The fourth-order valence-corrected chi connectivity index (χ4v) is 4.18. The highest BCUT2D eigenvalue weighted by molar-refractivity contribution is 5.94. The molecule has 1 amide bonds. The first-order valence-electron chi connectivity index (χ1n) is 10.6. The molecule has 0 spiro atoms. The van der Waals surface area contributed by atoms with E-state index in [1.54, 1.807) is 12.1 Å². The quantitative estimate of drug-likeness (QED) is 0.648. The van der Waals surface area contributed by atoms with Gasteiger partial charge in [-0.2, -0.15) is 4.98 Å². The summed E-state index contributed by atoms with van der Waals surface area (Å²) in [5.41, 5.74) is 5.01. The van der Waals surface area contributed by atoms with Crippen LogP contribution in [-0.4, -0.2) is 34.0 Å². The molecule has 0 unspecified atom stereocenters. The predicted molar refractivity (Wildman–Crippen MR) is 117 cm³/mol. The Morgan fingerprint density at radius 1 is 1.13 bits per heavy atom. The van der Waals surface area contributed by atoms with E-state index in [2.05, 4.69) is 39.4 Å². The number of hydrogen-bond donors (Lipinski definition) is 1. The number of nitrogens with zero attached hydrogens (tertiary/aromatic N) is 3. The topological polar surface area (TPSA) is 71.3 Å². The number of benzene rings is 2. The molecule has 162 valence electrons. The summed E-state index contributed by atoms with van der Waals surface area (Å²) in [6.45, 7) is 8.28. The molecule has 1 N–H and O–H groups in total. The molecule has 1 aliphatic heterocycles. The molecule has 3 aromatic rings. The van der Waals surface area contributed by atoms with Crippen LogP contribution in [0.3, 0.4) is 0 Å². The average Bonchev–Trinajstić information content (AvgIpc) is 3.20. The van der Waals surface area contributed by atoms with Gasteiger partial charge < -0.3 is 9.84 Å². The average molecular weight is 423 g/mol. The number of amides is 1. The summed E-state index contributed by atoms with van der Waals surface area (Å²) < 4.78 is 18.4. The molecule has 1 saturated heterocycles. The van der Waals surface area contributed by atoms with Crippen molar-refractivity contribution >= 4 is 11.6 Å². The standard InChI is InChI=1S/C24H27FN4O2/c1-15-12-16(2)22(17(3)13-15)27-23(30)18-8-10-29(11-9-18)14-21-26-24(31-28-21)19-4-6-20(25)7-5-19/h4-7,12-13,18H,8-11,14H2,1-3H3,(H,27,30). The number of anilines is 1. The molecule has 4 rings (SSSR count). The van der Waals surface area contributed by atoms with E-state index in [4.69, 9.17) is 4.52 Å². The van der Waals surface area contributed by atoms with Crippen LogP contribution in [0.1, 0.15) is 35.4 Å². The number of nitrogens with one attached hydrogen (secondary N) is 1. The van der Waals surface area contributed by atoms with Crippen LogP contribution in [0.2, 0.25) is 0 Å². The number of likely N-dealkylation sites (tertiary alicyclic amines) is 1. The first kappa shape index (κ1) is 21.2. The van der Waals surface area contributed by atoms with Crippen molar-refractivity contribution in [3.8, 4) is 11.5 Å². The van der Waals surface area contributed by atoms with Gasteiger partial charge in [0.05, 0.1) is 6.54 Å². The van der Waals surface area contributed by atoms with Crippen molar-refractivity contribution in [2.45, 2.75) is 40.2 Å². The molecule has 6 nitrogen and oxygen atoms in total. The molecule has 2 aromatic carbocycles. The molecule has 0 saturated carbocycles. The Labute approximate surface area is 181 Å². The number of piperidine rings is 1. The Bertz CT molecular complexity index is 1050. The largest absolute Gasteiger partial charge is 0.334 e. The van der Waals surface area contributed by atoms with Crippen molar-refractivity contribution in [3.63, 3.8) is 0 Å². The van der Waals surface area contributed by atoms with Gasteiger partial charge >= 0.3 is 0 Å². The molecule has 2 heterocycles. The zero-order valence-corrected chi connectivity index (χ0v) is 18.1. The van der Waals surface area contributed by atoms with E-state index in [0.717, 1.165) is 42.7 Å². The van der Waals surface area contributed by atoms with E-state index < -0.39 is 0 Å². The highest BCUT2D eigenvalue weighted by atomic mass is 19.1. The first-order valence-corrected chi connectivity index (χ1v) is 10.6. The van der Waals surface area contributed by atoms with Gasteiger partial charge in [-0.1, -0.05) is 22.9 Å². The van der Waals surface area contributed by atoms with E-state index in [1.807, 2.05) is 13.8 Å². The van der Waals surface area contributed by atoms with Gasteiger partial charge in [-0.05, 0) is 82.1 Å². The summed E-state index contributed by atoms with van der Waals surface area (Å²) in [5.74, 6) is 0.758.